The number of benzene rings is 1. The van der Waals surface area contributed by atoms with E-state index in [9.17, 15) is 14.0 Å². The van der Waals surface area contributed by atoms with Crippen LogP contribution in [0, 0.1) is 5.82 Å². The fourth-order valence-corrected chi connectivity index (χ4v) is 2.94. The van der Waals surface area contributed by atoms with E-state index in [0.29, 0.717) is 18.7 Å². The first-order valence-corrected chi connectivity index (χ1v) is 8.86. The topological polar surface area (TPSA) is 58.6 Å². The molecule has 0 bridgehead atoms. The average Bonchev–Trinajstić information content (AvgIpc) is 2.55. The molecule has 1 saturated heterocycles. The molecule has 2 rings (SSSR count). The van der Waals surface area contributed by atoms with Crippen LogP contribution in [0.15, 0.2) is 24.8 Å². The number of ether oxygens (including phenoxy) is 1. The third-order valence-corrected chi connectivity index (χ3v) is 4.13. The predicted octanol–water partition coefficient (Wildman–Crippen LogP) is 3.53. The number of alkyl carbamates (subject to hydrolysis) is 1. The zero-order valence-electron chi connectivity index (χ0n) is 15.7. The number of nitrogens with zero attached hydrogens (tertiary/aromatic N) is 1. The molecule has 0 aromatic heterocycles. The Hall–Kier alpha value is -2.37. The Balaban J connectivity index is 1.93. The standard InChI is InChI=1S/C20H27FN2O3/c1-5-15-11-14(8-9-17(15)21)12-18(24)23-10-6-7-16(13-23)22-19(25)26-20(2,3)4/h5,8-9,11,16H,1,6-7,10,12-13H2,2-4H3,(H,22,25). The number of hydrogen-bond donors (Lipinski definition) is 1. The molecule has 5 nitrogen and oxygen atoms in total. The Morgan fingerprint density at radius 2 is 2.15 bits per heavy atom. The monoisotopic (exact) mass is 362 g/mol. The van der Waals surface area contributed by atoms with Gasteiger partial charge in [-0.15, -0.1) is 0 Å². The summed E-state index contributed by atoms with van der Waals surface area (Å²) in [5.41, 5.74) is 0.576. The largest absolute Gasteiger partial charge is 0.444 e. The van der Waals surface area contributed by atoms with Crippen molar-refractivity contribution in [3.63, 3.8) is 0 Å². The quantitative estimate of drug-likeness (QED) is 0.891. The molecule has 0 aliphatic carbocycles. The van der Waals surface area contributed by atoms with Gasteiger partial charge in [0.2, 0.25) is 5.91 Å². The lowest BCUT2D eigenvalue weighted by molar-refractivity contribution is -0.131. The molecule has 2 amide bonds. The first-order chi connectivity index (χ1) is 12.2. The molecule has 26 heavy (non-hydrogen) atoms. The summed E-state index contributed by atoms with van der Waals surface area (Å²) in [6, 6.07) is 4.48. The molecule has 1 aromatic carbocycles. The third kappa shape index (κ3) is 5.86. The van der Waals surface area contributed by atoms with Crippen molar-refractivity contribution in [3.8, 4) is 0 Å². The summed E-state index contributed by atoms with van der Waals surface area (Å²) in [4.78, 5) is 26.2. The Morgan fingerprint density at radius 3 is 2.81 bits per heavy atom. The van der Waals surface area contributed by atoms with Crippen LogP contribution in [0.25, 0.3) is 6.08 Å². The van der Waals surface area contributed by atoms with Gasteiger partial charge in [0.05, 0.1) is 6.42 Å². The molecule has 0 spiro atoms. The van der Waals surface area contributed by atoms with Crippen LogP contribution in [0.1, 0.15) is 44.7 Å². The maximum absolute atomic E-state index is 13.5. The second-order valence-corrected chi connectivity index (χ2v) is 7.56. The van der Waals surface area contributed by atoms with Gasteiger partial charge < -0.3 is 15.0 Å². The third-order valence-electron chi connectivity index (χ3n) is 4.13. The maximum Gasteiger partial charge on any atom is 0.407 e. The minimum atomic E-state index is -0.556. The Labute approximate surface area is 154 Å². The number of piperidine rings is 1. The highest BCUT2D eigenvalue weighted by Gasteiger charge is 2.26. The Kier molecular flexibility index (Phi) is 6.40. The lowest BCUT2D eigenvalue weighted by atomic mass is 10.0. The fraction of sp³-hybridized carbons (Fsp3) is 0.500. The lowest BCUT2D eigenvalue weighted by Crippen LogP contribution is -2.50. The predicted molar refractivity (Wildman–Crippen MR) is 99.2 cm³/mol. The minimum absolute atomic E-state index is 0.0395. The van der Waals surface area contributed by atoms with E-state index in [-0.39, 0.29) is 24.2 Å². The normalized spacial score (nSPS) is 17.5. The molecular weight excluding hydrogens is 335 g/mol. The average molecular weight is 362 g/mol. The summed E-state index contributed by atoms with van der Waals surface area (Å²) < 4.78 is 18.8. The van der Waals surface area contributed by atoms with Gasteiger partial charge in [-0.3, -0.25) is 4.79 Å². The van der Waals surface area contributed by atoms with E-state index in [4.69, 9.17) is 4.74 Å². The van der Waals surface area contributed by atoms with Crippen LogP contribution in [-0.4, -0.2) is 41.6 Å². The Bertz CT molecular complexity index is 682. The van der Waals surface area contributed by atoms with Crippen molar-refractivity contribution in [1.29, 1.82) is 0 Å². The number of likely N-dealkylation sites (tertiary alicyclic amines) is 1. The van der Waals surface area contributed by atoms with Crippen molar-refractivity contribution in [3.05, 3.63) is 41.7 Å². The van der Waals surface area contributed by atoms with Gasteiger partial charge in [-0.05, 0) is 51.3 Å². The smallest absolute Gasteiger partial charge is 0.407 e. The van der Waals surface area contributed by atoms with Gasteiger partial charge in [-0.2, -0.15) is 0 Å². The first-order valence-electron chi connectivity index (χ1n) is 8.86. The summed E-state index contributed by atoms with van der Waals surface area (Å²) in [5, 5.41) is 2.83. The van der Waals surface area contributed by atoms with Crippen molar-refractivity contribution in [2.45, 2.75) is 51.7 Å². The molecule has 142 valence electrons. The van der Waals surface area contributed by atoms with Gasteiger partial charge in [0.25, 0.3) is 0 Å². The van der Waals surface area contributed by atoms with Gasteiger partial charge in [0.1, 0.15) is 11.4 Å². The lowest BCUT2D eigenvalue weighted by Gasteiger charge is -2.33. The number of hydrogen-bond acceptors (Lipinski definition) is 3. The molecule has 0 radical (unpaired) electrons. The van der Waals surface area contributed by atoms with Gasteiger partial charge in [-0.1, -0.05) is 18.7 Å². The van der Waals surface area contributed by atoms with E-state index < -0.39 is 11.7 Å². The van der Waals surface area contributed by atoms with E-state index in [2.05, 4.69) is 11.9 Å². The van der Waals surface area contributed by atoms with Crippen LogP contribution in [0.2, 0.25) is 0 Å². The maximum atomic E-state index is 13.5. The molecule has 0 saturated carbocycles. The van der Waals surface area contributed by atoms with E-state index >= 15 is 0 Å². The van der Waals surface area contributed by atoms with Crippen molar-refractivity contribution < 1.29 is 18.7 Å². The van der Waals surface area contributed by atoms with E-state index in [1.807, 2.05) is 20.8 Å². The van der Waals surface area contributed by atoms with Gasteiger partial charge in [-0.25, -0.2) is 9.18 Å². The van der Waals surface area contributed by atoms with Crippen molar-refractivity contribution in [2.75, 3.05) is 13.1 Å². The second-order valence-electron chi connectivity index (χ2n) is 7.56. The van der Waals surface area contributed by atoms with Gasteiger partial charge in [0.15, 0.2) is 0 Å². The minimum Gasteiger partial charge on any atom is -0.444 e. The molecule has 1 N–H and O–H groups in total. The second kappa shape index (κ2) is 8.34. The summed E-state index contributed by atoms with van der Waals surface area (Å²) in [6.07, 6.45) is 2.78. The number of carbonyl (C=O) groups excluding carboxylic acids is 2. The van der Waals surface area contributed by atoms with Crippen LogP contribution in [0.5, 0.6) is 0 Å². The molecule has 1 aliphatic rings. The number of carbonyl (C=O) groups is 2. The molecule has 6 heteroatoms. The fourth-order valence-electron chi connectivity index (χ4n) is 2.94. The Morgan fingerprint density at radius 1 is 1.42 bits per heavy atom. The van der Waals surface area contributed by atoms with Crippen molar-refractivity contribution >= 4 is 18.1 Å². The summed E-state index contributed by atoms with van der Waals surface area (Å²) in [7, 11) is 0. The molecule has 1 heterocycles. The molecule has 1 aliphatic heterocycles. The summed E-state index contributed by atoms with van der Waals surface area (Å²) in [5.74, 6) is -0.391. The first kappa shape index (κ1) is 19.9. The zero-order chi connectivity index (χ0) is 19.3. The summed E-state index contributed by atoms with van der Waals surface area (Å²) >= 11 is 0. The van der Waals surface area contributed by atoms with Crippen molar-refractivity contribution in [1.82, 2.24) is 10.2 Å². The highest BCUT2D eigenvalue weighted by Crippen LogP contribution is 2.16. The van der Waals surface area contributed by atoms with Crippen molar-refractivity contribution in [2.24, 2.45) is 0 Å². The molecule has 1 unspecified atom stereocenters. The number of nitrogens with one attached hydrogen (secondary N) is 1. The number of halogens is 1. The van der Waals surface area contributed by atoms with Crippen LogP contribution in [0.4, 0.5) is 9.18 Å². The van der Waals surface area contributed by atoms with Crippen LogP contribution < -0.4 is 5.32 Å². The van der Waals surface area contributed by atoms with E-state index in [1.54, 1.807) is 17.0 Å². The van der Waals surface area contributed by atoms with Gasteiger partial charge >= 0.3 is 6.09 Å². The van der Waals surface area contributed by atoms with E-state index in [0.717, 1.165) is 18.4 Å². The van der Waals surface area contributed by atoms with E-state index in [1.165, 1.54) is 12.1 Å². The number of rotatable bonds is 4. The zero-order valence-corrected chi connectivity index (χ0v) is 15.7. The SMILES string of the molecule is C=Cc1cc(CC(=O)N2CCCC(NC(=O)OC(C)(C)C)C2)ccc1F. The highest BCUT2D eigenvalue weighted by atomic mass is 19.1. The van der Waals surface area contributed by atoms with Gasteiger partial charge in [0, 0.05) is 24.7 Å². The summed E-state index contributed by atoms with van der Waals surface area (Å²) in [6.45, 7) is 10.1. The molecule has 1 atom stereocenters. The molecular formula is C20H27FN2O3. The molecule has 1 aromatic rings. The molecule has 1 fully saturated rings. The van der Waals surface area contributed by atoms with Crippen LogP contribution >= 0.6 is 0 Å². The van der Waals surface area contributed by atoms with Crippen LogP contribution in [-0.2, 0) is 16.0 Å². The van der Waals surface area contributed by atoms with Crippen LogP contribution in [0.3, 0.4) is 0 Å². The highest BCUT2D eigenvalue weighted by molar-refractivity contribution is 5.79. The number of amides is 2.